The van der Waals surface area contributed by atoms with Gasteiger partial charge >= 0.3 is 0 Å². The lowest BCUT2D eigenvalue weighted by molar-refractivity contribution is 0.229. The summed E-state index contributed by atoms with van der Waals surface area (Å²) >= 11 is 0. The van der Waals surface area contributed by atoms with Crippen LogP contribution in [0.15, 0.2) is 27.8 Å². The Morgan fingerprint density at radius 3 is 2.85 bits per heavy atom. The molecule has 0 aromatic carbocycles. The highest BCUT2D eigenvalue weighted by Gasteiger charge is 2.25. The van der Waals surface area contributed by atoms with E-state index in [9.17, 15) is 0 Å². The van der Waals surface area contributed by atoms with Crippen molar-refractivity contribution < 1.29 is 4.42 Å². The van der Waals surface area contributed by atoms with Crippen LogP contribution in [0.2, 0.25) is 0 Å². The van der Waals surface area contributed by atoms with Crippen molar-refractivity contribution in [3.8, 4) is 11.6 Å². The predicted molar refractivity (Wildman–Crippen MR) is 103 cm³/mol. The van der Waals surface area contributed by atoms with Crippen LogP contribution < -0.4 is 10.6 Å². The lowest BCUT2D eigenvalue weighted by atomic mass is 9.78. The molecule has 7 nitrogen and oxygen atoms in total. The Balaban J connectivity index is 1.50. The molecule has 0 bridgehead atoms. The Morgan fingerprint density at radius 1 is 1.35 bits per heavy atom. The zero-order chi connectivity index (χ0) is 18.4. The van der Waals surface area contributed by atoms with E-state index in [2.05, 4.69) is 44.7 Å². The molecule has 0 aliphatic heterocycles. The van der Waals surface area contributed by atoms with E-state index in [1.807, 2.05) is 12.1 Å². The van der Waals surface area contributed by atoms with E-state index in [0.29, 0.717) is 30.1 Å². The number of rotatable bonds is 6. The Kier molecular flexibility index (Phi) is 6.30. The fourth-order valence-electron chi connectivity index (χ4n) is 3.67. The number of furan rings is 1. The first-order valence-corrected chi connectivity index (χ1v) is 9.59. The molecule has 2 heterocycles. The molecule has 2 unspecified atom stereocenters. The summed E-state index contributed by atoms with van der Waals surface area (Å²) in [5.74, 6) is 4.20. The average molecular weight is 358 g/mol. The quantitative estimate of drug-likeness (QED) is 0.544. The van der Waals surface area contributed by atoms with Crippen LogP contribution in [0.3, 0.4) is 0 Å². The van der Waals surface area contributed by atoms with E-state index in [-0.39, 0.29) is 0 Å². The summed E-state index contributed by atoms with van der Waals surface area (Å²) in [7, 11) is 1.79. The second-order valence-electron chi connectivity index (χ2n) is 7.20. The number of hydrogen-bond acceptors (Lipinski definition) is 4. The van der Waals surface area contributed by atoms with Gasteiger partial charge in [0.25, 0.3) is 0 Å². The molecule has 0 radical (unpaired) electrons. The van der Waals surface area contributed by atoms with Crippen LogP contribution in [-0.4, -0.2) is 34.2 Å². The number of aromatic amines is 1. The number of aliphatic imine (C=N–C) groups is 1. The summed E-state index contributed by atoms with van der Waals surface area (Å²) in [5.41, 5.74) is 0. The number of nitrogens with zero attached hydrogens (tertiary/aromatic N) is 3. The average Bonchev–Trinajstić information content (AvgIpc) is 3.36. The zero-order valence-electron chi connectivity index (χ0n) is 16.0. The third kappa shape index (κ3) is 4.65. The summed E-state index contributed by atoms with van der Waals surface area (Å²) in [4.78, 5) is 8.78. The molecular weight excluding hydrogens is 328 g/mol. The van der Waals surface area contributed by atoms with Gasteiger partial charge in [-0.3, -0.25) is 10.1 Å². The van der Waals surface area contributed by atoms with E-state index >= 15 is 0 Å². The van der Waals surface area contributed by atoms with Crippen molar-refractivity contribution in [1.82, 2.24) is 25.8 Å². The van der Waals surface area contributed by atoms with Crippen LogP contribution in [-0.2, 0) is 6.54 Å². The molecule has 2 atom stereocenters. The number of guanidine groups is 1. The van der Waals surface area contributed by atoms with Crippen molar-refractivity contribution in [2.75, 3.05) is 7.05 Å². The highest BCUT2D eigenvalue weighted by Crippen LogP contribution is 2.31. The minimum Gasteiger partial charge on any atom is -0.461 e. The second kappa shape index (κ2) is 8.87. The van der Waals surface area contributed by atoms with Crippen LogP contribution in [0.25, 0.3) is 11.6 Å². The molecule has 1 fully saturated rings. The van der Waals surface area contributed by atoms with Crippen LogP contribution in [0.5, 0.6) is 0 Å². The SMILES string of the molecule is CN=C(NCc1nc(-c2ccco2)n[nH]1)NC(C)C(C)C1CCCCC1. The van der Waals surface area contributed by atoms with Gasteiger partial charge in [-0.1, -0.05) is 39.0 Å². The van der Waals surface area contributed by atoms with E-state index < -0.39 is 0 Å². The molecule has 0 amide bonds. The largest absolute Gasteiger partial charge is 0.461 e. The Bertz CT molecular complexity index is 687. The summed E-state index contributed by atoms with van der Waals surface area (Å²) in [6, 6.07) is 4.04. The topological polar surface area (TPSA) is 91.1 Å². The zero-order valence-corrected chi connectivity index (χ0v) is 16.0. The third-order valence-corrected chi connectivity index (χ3v) is 5.47. The maximum absolute atomic E-state index is 5.31. The lowest BCUT2D eigenvalue weighted by Gasteiger charge is -2.32. The normalized spacial score (nSPS) is 18.5. The first-order chi connectivity index (χ1) is 12.7. The minimum absolute atomic E-state index is 0.373. The lowest BCUT2D eigenvalue weighted by Crippen LogP contribution is -2.46. The molecule has 3 rings (SSSR count). The van der Waals surface area contributed by atoms with Crippen molar-refractivity contribution in [3.05, 3.63) is 24.2 Å². The van der Waals surface area contributed by atoms with E-state index in [4.69, 9.17) is 4.42 Å². The van der Waals surface area contributed by atoms with Crippen molar-refractivity contribution in [3.63, 3.8) is 0 Å². The van der Waals surface area contributed by atoms with Crippen LogP contribution in [0, 0.1) is 11.8 Å². The maximum atomic E-state index is 5.31. The molecule has 142 valence electrons. The van der Waals surface area contributed by atoms with Gasteiger partial charge in [-0.15, -0.1) is 5.10 Å². The third-order valence-electron chi connectivity index (χ3n) is 5.47. The second-order valence-corrected chi connectivity index (χ2v) is 7.20. The number of aromatic nitrogens is 3. The number of H-pyrrole nitrogens is 1. The molecule has 2 aromatic heterocycles. The Morgan fingerprint density at radius 2 is 2.15 bits per heavy atom. The van der Waals surface area contributed by atoms with Crippen LogP contribution >= 0.6 is 0 Å². The minimum atomic E-state index is 0.373. The van der Waals surface area contributed by atoms with Crippen LogP contribution in [0.4, 0.5) is 0 Å². The monoisotopic (exact) mass is 358 g/mol. The molecular formula is C19H30N6O. The molecule has 1 saturated carbocycles. The fraction of sp³-hybridized carbons (Fsp3) is 0.632. The number of nitrogens with one attached hydrogen (secondary N) is 3. The van der Waals surface area contributed by atoms with E-state index in [1.54, 1.807) is 13.3 Å². The van der Waals surface area contributed by atoms with Crippen molar-refractivity contribution in [1.29, 1.82) is 0 Å². The molecule has 3 N–H and O–H groups in total. The summed E-state index contributed by atoms with van der Waals surface area (Å²) in [6.07, 6.45) is 8.46. The predicted octanol–water partition coefficient (Wildman–Crippen LogP) is 3.33. The van der Waals surface area contributed by atoms with Crippen LogP contribution in [0.1, 0.15) is 51.8 Å². The van der Waals surface area contributed by atoms with Gasteiger partial charge in [0.2, 0.25) is 5.82 Å². The number of hydrogen-bond donors (Lipinski definition) is 3. The van der Waals surface area contributed by atoms with Gasteiger partial charge in [-0.05, 0) is 30.9 Å². The smallest absolute Gasteiger partial charge is 0.216 e. The Hall–Kier alpha value is -2.31. The van der Waals surface area contributed by atoms with Gasteiger partial charge in [0.1, 0.15) is 5.82 Å². The van der Waals surface area contributed by atoms with Gasteiger partial charge < -0.3 is 15.1 Å². The molecule has 1 aliphatic rings. The maximum Gasteiger partial charge on any atom is 0.216 e. The highest BCUT2D eigenvalue weighted by atomic mass is 16.3. The summed E-state index contributed by atoms with van der Waals surface area (Å²) in [5, 5.41) is 14.0. The standard InChI is InChI=1S/C19H30N6O/c1-13(15-8-5-4-6-9-15)14(2)22-19(20-3)21-12-17-23-18(25-24-17)16-10-7-11-26-16/h7,10-11,13-15H,4-6,8-9,12H2,1-3H3,(H2,20,21,22)(H,23,24,25). The van der Waals surface area contributed by atoms with Gasteiger partial charge in [-0.25, -0.2) is 4.98 Å². The van der Waals surface area contributed by atoms with Crippen molar-refractivity contribution in [2.45, 2.75) is 58.5 Å². The molecule has 2 aromatic rings. The first kappa shape index (κ1) is 18.5. The van der Waals surface area contributed by atoms with Gasteiger partial charge in [0, 0.05) is 13.1 Å². The summed E-state index contributed by atoms with van der Waals surface area (Å²) < 4.78 is 5.31. The first-order valence-electron chi connectivity index (χ1n) is 9.59. The van der Waals surface area contributed by atoms with Crippen molar-refractivity contribution >= 4 is 5.96 Å². The van der Waals surface area contributed by atoms with E-state index in [0.717, 1.165) is 17.7 Å². The van der Waals surface area contributed by atoms with Gasteiger partial charge in [-0.2, -0.15) is 0 Å². The fourth-order valence-corrected chi connectivity index (χ4v) is 3.67. The molecule has 1 aliphatic carbocycles. The van der Waals surface area contributed by atoms with Gasteiger partial charge in [0.15, 0.2) is 11.7 Å². The molecule has 0 saturated heterocycles. The van der Waals surface area contributed by atoms with Gasteiger partial charge in [0.05, 0.1) is 12.8 Å². The highest BCUT2D eigenvalue weighted by molar-refractivity contribution is 5.79. The van der Waals surface area contributed by atoms with E-state index in [1.165, 1.54) is 32.1 Å². The molecule has 26 heavy (non-hydrogen) atoms. The summed E-state index contributed by atoms with van der Waals surface area (Å²) in [6.45, 7) is 5.13. The van der Waals surface area contributed by atoms with Crippen molar-refractivity contribution in [2.24, 2.45) is 16.8 Å². The Labute approximate surface area is 155 Å². The molecule has 7 heteroatoms. The molecule has 0 spiro atoms.